The SMILES string of the molecule is COc1ccc2c(c1)C1(c3cc(C)ccc3-c3ccc(C)cc31)c1cc(OC)ccc1-2. The Bertz CT molecular complexity index is 1270. The molecule has 0 aliphatic heterocycles. The van der Waals surface area contributed by atoms with Crippen LogP contribution in [0.1, 0.15) is 33.4 Å². The van der Waals surface area contributed by atoms with E-state index in [1.54, 1.807) is 14.2 Å². The van der Waals surface area contributed by atoms with E-state index in [0.717, 1.165) is 11.5 Å². The molecule has 2 aliphatic carbocycles. The molecule has 152 valence electrons. The normalized spacial score (nSPS) is 14.1. The first-order valence-electron chi connectivity index (χ1n) is 10.7. The predicted octanol–water partition coefficient (Wildman–Crippen LogP) is 6.66. The molecular weight excluding hydrogens is 380 g/mol. The first-order chi connectivity index (χ1) is 15.1. The minimum absolute atomic E-state index is 0.379. The standard InChI is InChI=1S/C29H24O2/c1-17-5-9-21-22-10-6-18(2)14-26(22)29(25(21)13-17)27-15-19(30-3)7-11-23(27)24-12-8-20(31-4)16-28(24)29/h5-16H,1-4H3. The molecule has 0 atom stereocenters. The van der Waals surface area contributed by atoms with Crippen LogP contribution in [0.15, 0.2) is 72.8 Å². The van der Waals surface area contributed by atoms with Gasteiger partial charge in [-0.1, -0.05) is 59.7 Å². The van der Waals surface area contributed by atoms with Crippen molar-refractivity contribution in [3.63, 3.8) is 0 Å². The van der Waals surface area contributed by atoms with Gasteiger partial charge in [-0.3, -0.25) is 0 Å². The first kappa shape index (κ1) is 18.3. The lowest BCUT2D eigenvalue weighted by molar-refractivity contribution is 0.413. The van der Waals surface area contributed by atoms with Gasteiger partial charge in [0.15, 0.2) is 0 Å². The maximum Gasteiger partial charge on any atom is 0.119 e. The summed E-state index contributed by atoms with van der Waals surface area (Å²) in [6, 6.07) is 26.7. The summed E-state index contributed by atoms with van der Waals surface area (Å²) in [4.78, 5) is 0. The quantitative estimate of drug-likeness (QED) is 0.321. The first-order valence-corrected chi connectivity index (χ1v) is 10.7. The fourth-order valence-electron chi connectivity index (χ4n) is 5.67. The van der Waals surface area contributed by atoms with Crippen molar-refractivity contribution in [3.05, 3.63) is 106 Å². The zero-order chi connectivity index (χ0) is 21.3. The van der Waals surface area contributed by atoms with Gasteiger partial charge in [0.1, 0.15) is 11.5 Å². The van der Waals surface area contributed by atoms with Crippen molar-refractivity contribution in [1.82, 2.24) is 0 Å². The third-order valence-corrected chi connectivity index (χ3v) is 7.00. The monoisotopic (exact) mass is 404 g/mol. The number of fused-ring (bicyclic) bond motifs is 10. The van der Waals surface area contributed by atoms with Crippen molar-refractivity contribution in [3.8, 4) is 33.8 Å². The van der Waals surface area contributed by atoms with Gasteiger partial charge < -0.3 is 9.47 Å². The summed E-state index contributed by atoms with van der Waals surface area (Å²) in [5, 5.41) is 0. The van der Waals surface area contributed by atoms with E-state index in [0.29, 0.717) is 0 Å². The molecular formula is C29H24O2. The van der Waals surface area contributed by atoms with Crippen LogP contribution in [0.25, 0.3) is 22.3 Å². The fourth-order valence-corrected chi connectivity index (χ4v) is 5.67. The second-order valence-corrected chi connectivity index (χ2v) is 8.67. The van der Waals surface area contributed by atoms with Crippen LogP contribution in [0.2, 0.25) is 0 Å². The predicted molar refractivity (Wildman–Crippen MR) is 125 cm³/mol. The number of hydrogen-bond acceptors (Lipinski definition) is 2. The van der Waals surface area contributed by atoms with Crippen molar-refractivity contribution in [2.45, 2.75) is 19.3 Å². The fraction of sp³-hybridized carbons (Fsp3) is 0.172. The Kier molecular flexibility index (Phi) is 3.68. The maximum atomic E-state index is 5.68. The van der Waals surface area contributed by atoms with Crippen molar-refractivity contribution in [1.29, 1.82) is 0 Å². The van der Waals surface area contributed by atoms with Gasteiger partial charge in [-0.2, -0.15) is 0 Å². The molecule has 0 heterocycles. The number of rotatable bonds is 2. The van der Waals surface area contributed by atoms with E-state index < -0.39 is 0 Å². The summed E-state index contributed by atoms with van der Waals surface area (Å²) < 4.78 is 11.4. The van der Waals surface area contributed by atoms with Crippen LogP contribution in [-0.4, -0.2) is 14.2 Å². The third kappa shape index (κ3) is 2.22. The minimum Gasteiger partial charge on any atom is -0.497 e. The van der Waals surface area contributed by atoms with E-state index in [1.807, 2.05) is 0 Å². The van der Waals surface area contributed by atoms with E-state index in [-0.39, 0.29) is 5.41 Å². The van der Waals surface area contributed by atoms with E-state index in [1.165, 1.54) is 55.6 Å². The van der Waals surface area contributed by atoms with Gasteiger partial charge in [-0.25, -0.2) is 0 Å². The highest BCUT2D eigenvalue weighted by molar-refractivity contribution is 5.95. The number of methoxy groups -OCH3 is 2. The van der Waals surface area contributed by atoms with E-state index >= 15 is 0 Å². The van der Waals surface area contributed by atoms with Crippen LogP contribution in [0.4, 0.5) is 0 Å². The largest absolute Gasteiger partial charge is 0.497 e. The van der Waals surface area contributed by atoms with Gasteiger partial charge in [-0.05, 0) is 82.6 Å². The van der Waals surface area contributed by atoms with E-state index in [4.69, 9.17) is 9.47 Å². The van der Waals surface area contributed by atoms with Crippen LogP contribution >= 0.6 is 0 Å². The van der Waals surface area contributed by atoms with Crippen LogP contribution in [0.5, 0.6) is 11.5 Å². The summed E-state index contributed by atoms with van der Waals surface area (Å²) in [5.41, 5.74) is 12.6. The highest BCUT2D eigenvalue weighted by atomic mass is 16.5. The molecule has 0 saturated carbocycles. The van der Waals surface area contributed by atoms with Crippen molar-refractivity contribution in [2.24, 2.45) is 0 Å². The Morgan fingerprint density at radius 1 is 0.484 bits per heavy atom. The maximum absolute atomic E-state index is 5.68. The number of hydrogen-bond donors (Lipinski definition) is 0. The van der Waals surface area contributed by atoms with E-state index in [2.05, 4.69) is 86.6 Å². The smallest absolute Gasteiger partial charge is 0.119 e. The topological polar surface area (TPSA) is 18.5 Å². The van der Waals surface area contributed by atoms with Crippen molar-refractivity contribution < 1.29 is 9.47 Å². The van der Waals surface area contributed by atoms with Gasteiger partial charge in [-0.15, -0.1) is 0 Å². The molecule has 4 aromatic carbocycles. The second kappa shape index (κ2) is 6.24. The van der Waals surface area contributed by atoms with Gasteiger partial charge in [0, 0.05) is 0 Å². The molecule has 0 radical (unpaired) electrons. The zero-order valence-electron chi connectivity index (χ0n) is 18.2. The average Bonchev–Trinajstić information content (AvgIpc) is 3.24. The van der Waals surface area contributed by atoms with Crippen LogP contribution in [0.3, 0.4) is 0 Å². The summed E-state index contributed by atoms with van der Waals surface area (Å²) in [6.45, 7) is 4.35. The van der Waals surface area contributed by atoms with Crippen LogP contribution in [-0.2, 0) is 5.41 Å². The highest BCUT2D eigenvalue weighted by Gasteiger charge is 2.52. The summed E-state index contributed by atoms with van der Waals surface area (Å²) in [6.07, 6.45) is 0. The van der Waals surface area contributed by atoms with Gasteiger partial charge in [0.05, 0.1) is 19.6 Å². The lowest BCUT2D eigenvalue weighted by atomic mass is 9.70. The Morgan fingerprint density at radius 2 is 0.839 bits per heavy atom. The van der Waals surface area contributed by atoms with Crippen molar-refractivity contribution >= 4 is 0 Å². The second-order valence-electron chi connectivity index (χ2n) is 8.67. The van der Waals surface area contributed by atoms with Crippen LogP contribution < -0.4 is 9.47 Å². The molecule has 0 saturated heterocycles. The molecule has 6 rings (SSSR count). The highest BCUT2D eigenvalue weighted by Crippen LogP contribution is 2.63. The Labute approximate surface area is 183 Å². The minimum atomic E-state index is -0.379. The molecule has 0 fully saturated rings. The molecule has 1 spiro atoms. The summed E-state index contributed by atoms with van der Waals surface area (Å²) in [5.74, 6) is 1.77. The molecule has 0 unspecified atom stereocenters. The van der Waals surface area contributed by atoms with Gasteiger partial charge >= 0.3 is 0 Å². The average molecular weight is 405 g/mol. The Hall–Kier alpha value is -3.52. The number of benzene rings is 4. The molecule has 2 nitrogen and oxygen atoms in total. The lowest BCUT2D eigenvalue weighted by Gasteiger charge is -2.31. The Balaban J connectivity index is 1.85. The molecule has 0 aromatic heterocycles. The summed E-state index contributed by atoms with van der Waals surface area (Å²) >= 11 is 0. The van der Waals surface area contributed by atoms with E-state index in [9.17, 15) is 0 Å². The zero-order valence-corrected chi connectivity index (χ0v) is 18.2. The van der Waals surface area contributed by atoms with Gasteiger partial charge in [0.25, 0.3) is 0 Å². The number of ether oxygens (including phenoxy) is 2. The summed E-state index contributed by atoms with van der Waals surface area (Å²) in [7, 11) is 3.48. The van der Waals surface area contributed by atoms with Crippen molar-refractivity contribution in [2.75, 3.05) is 14.2 Å². The van der Waals surface area contributed by atoms with Gasteiger partial charge in [0.2, 0.25) is 0 Å². The lowest BCUT2D eigenvalue weighted by Crippen LogP contribution is -2.26. The molecule has 0 N–H and O–H groups in total. The molecule has 0 bridgehead atoms. The molecule has 2 aliphatic rings. The molecule has 2 heteroatoms. The number of aryl methyl sites for hydroxylation is 2. The van der Waals surface area contributed by atoms with Crippen LogP contribution in [0, 0.1) is 13.8 Å². The molecule has 4 aromatic rings. The molecule has 31 heavy (non-hydrogen) atoms. The third-order valence-electron chi connectivity index (χ3n) is 7.00. The molecule has 0 amide bonds. The Morgan fingerprint density at radius 3 is 1.23 bits per heavy atom.